The lowest BCUT2D eigenvalue weighted by Crippen LogP contribution is -2.34. The van der Waals surface area contributed by atoms with Gasteiger partial charge in [-0.05, 0) is 36.6 Å². The third-order valence-corrected chi connectivity index (χ3v) is 4.25. The summed E-state index contributed by atoms with van der Waals surface area (Å²) in [5, 5.41) is 0. The van der Waals surface area contributed by atoms with Gasteiger partial charge in [-0.15, -0.1) is 0 Å². The maximum absolute atomic E-state index is 12.8. The largest absolute Gasteiger partial charge is 0.462 e. The molecule has 1 aromatic heterocycles. The minimum Gasteiger partial charge on any atom is -0.462 e. The second-order valence-electron chi connectivity index (χ2n) is 6.04. The number of hydrogen-bond acceptors (Lipinski definition) is 6. The van der Waals surface area contributed by atoms with E-state index in [4.69, 9.17) is 9.47 Å². The zero-order valence-electron chi connectivity index (χ0n) is 15.5. The quantitative estimate of drug-likeness (QED) is 0.732. The van der Waals surface area contributed by atoms with Crippen molar-refractivity contribution in [1.82, 2.24) is 9.88 Å². The van der Waals surface area contributed by atoms with Crippen LogP contribution >= 0.6 is 0 Å². The van der Waals surface area contributed by atoms with Gasteiger partial charge >= 0.3 is 11.9 Å². The molecule has 1 aliphatic heterocycles. The van der Waals surface area contributed by atoms with Gasteiger partial charge in [0.25, 0.3) is 0 Å². The molecule has 0 aliphatic carbocycles. The summed E-state index contributed by atoms with van der Waals surface area (Å²) < 4.78 is 10.5. The lowest BCUT2D eigenvalue weighted by atomic mass is 9.94. The number of aromatic nitrogens is 1. The molecule has 0 N–H and O–H groups in total. The van der Waals surface area contributed by atoms with Crippen molar-refractivity contribution in [2.75, 3.05) is 13.2 Å². The molecule has 6 heteroatoms. The Labute approximate surface area is 158 Å². The van der Waals surface area contributed by atoms with Crippen molar-refractivity contribution in [2.45, 2.75) is 26.9 Å². The normalized spacial score (nSPS) is 13.2. The topological polar surface area (TPSA) is 68.7 Å². The predicted octanol–water partition coefficient (Wildman–Crippen LogP) is 2.93. The molecule has 0 unspecified atom stereocenters. The SMILES string of the molecule is CCOC(=O)C1=C(C(=O)OCC)N(Cc2ccccc2)Cc2cnccc21. The van der Waals surface area contributed by atoms with Gasteiger partial charge in [-0.3, -0.25) is 4.98 Å². The van der Waals surface area contributed by atoms with E-state index in [-0.39, 0.29) is 24.5 Å². The van der Waals surface area contributed by atoms with Gasteiger partial charge in [-0.2, -0.15) is 0 Å². The lowest BCUT2D eigenvalue weighted by Gasteiger charge is -2.33. The molecule has 27 heavy (non-hydrogen) atoms. The first-order chi connectivity index (χ1) is 13.2. The number of pyridine rings is 1. The molecular formula is C21H22N2O4. The Morgan fingerprint density at radius 2 is 1.74 bits per heavy atom. The Morgan fingerprint density at radius 1 is 1.04 bits per heavy atom. The highest BCUT2D eigenvalue weighted by atomic mass is 16.5. The predicted molar refractivity (Wildman–Crippen MR) is 100 cm³/mol. The van der Waals surface area contributed by atoms with Crippen LogP contribution in [0.1, 0.15) is 30.5 Å². The number of ether oxygens (including phenoxy) is 2. The van der Waals surface area contributed by atoms with Crippen molar-refractivity contribution >= 4 is 17.5 Å². The van der Waals surface area contributed by atoms with Crippen LogP contribution in [0.5, 0.6) is 0 Å². The fraction of sp³-hybridized carbons (Fsp3) is 0.286. The van der Waals surface area contributed by atoms with Gasteiger partial charge in [0.15, 0.2) is 0 Å². The van der Waals surface area contributed by atoms with Crippen LogP contribution in [0, 0.1) is 0 Å². The fourth-order valence-electron chi connectivity index (χ4n) is 3.15. The third-order valence-electron chi connectivity index (χ3n) is 4.25. The molecule has 0 radical (unpaired) electrons. The Hall–Kier alpha value is -3.15. The molecule has 6 nitrogen and oxygen atoms in total. The smallest absolute Gasteiger partial charge is 0.355 e. The summed E-state index contributed by atoms with van der Waals surface area (Å²) in [6.07, 6.45) is 3.32. The van der Waals surface area contributed by atoms with Crippen LogP contribution in [0.4, 0.5) is 0 Å². The molecule has 0 saturated carbocycles. The van der Waals surface area contributed by atoms with Gasteiger partial charge in [-0.25, -0.2) is 9.59 Å². The first kappa shape index (κ1) is 18.6. The van der Waals surface area contributed by atoms with Crippen molar-refractivity contribution in [3.8, 4) is 0 Å². The molecule has 1 aromatic carbocycles. The number of carbonyl (C=O) groups is 2. The number of rotatable bonds is 6. The first-order valence-corrected chi connectivity index (χ1v) is 8.96. The second kappa shape index (κ2) is 8.49. The van der Waals surface area contributed by atoms with E-state index in [1.54, 1.807) is 32.3 Å². The first-order valence-electron chi connectivity index (χ1n) is 8.96. The van der Waals surface area contributed by atoms with Gasteiger partial charge in [0, 0.05) is 25.5 Å². The number of fused-ring (bicyclic) bond motifs is 1. The van der Waals surface area contributed by atoms with Crippen molar-refractivity contribution in [3.05, 3.63) is 71.2 Å². The van der Waals surface area contributed by atoms with E-state index in [9.17, 15) is 9.59 Å². The minimum atomic E-state index is -0.536. The van der Waals surface area contributed by atoms with Crippen LogP contribution in [-0.4, -0.2) is 35.0 Å². The molecule has 2 aromatic rings. The van der Waals surface area contributed by atoms with Gasteiger partial charge < -0.3 is 14.4 Å². The maximum Gasteiger partial charge on any atom is 0.355 e. The summed E-state index contributed by atoms with van der Waals surface area (Å²) in [5.74, 6) is -1.07. The molecule has 3 rings (SSSR count). The fourth-order valence-corrected chi connectivity index (χ4v) is 3.15. The maximum atomic E-state index is 12.8. The Balaban J connectivity index is 2.13. The number of nitrogens with zero attached hydrogens (tertiary/aromatic N) is 2. The number of carbonyl (C=O) groups excluding carboxylic acids is 2. The number of hydrogen-bond donors (Lipinski definition) is 0. The lowest BCUT2D eigenvalue weighted by molar-refractivity contribution is -0.142. The summed E-state index contributed by atoms with van der Waals surface area (Å²) in [5.41, 5.74) is 3.02. The molecule has 0 atom stereocenters. The number of benzene rings is 1. The van der Waals surface area contributed by atoms with Gasteiger partial charge in [0.1, 0.15) is 5.70 Å². The van der Waals surface area contributed by atoms with Crippen LogP contribution < -0.4 is 0 Å². The van der Waals surface area contributed by atoms with Crippen LogP contribution in [0.3, 0.4) is 0 Å². The highest BCUT2D eigenvalue weighted by molar-refractivity contribution is 6.23. The average Bonchev–Trinajstić information content (AvgIpc) is 2.68. The summed E-state index contributed by atoms with van der Waals surface area (Å²) in [4.78, 5) is 31.5. The Kier molecular flexibility index (Phi) is 5.86. The standard InChI is InChI=1S/C21H22N2O4/c1-3-26-20(24)18-17-10-11-22-12-16(17)14-23(19(18)21(25)27-4-2)13-15-8-6-5-7-9-15/h5-12H,3-4,13-14H2,1-2H3. The van der Waals surface area contributed by atoms with E-state index in [2.05, 4.69) is 4.98 Å². The van der Waals surface area contributed by atoms with Crippen molar-refractivity contribution in [3.63, 3.8) is 0 Å². The van der Waals surface area contributed by atoms with Gasteiger partial charge in [0.2, 0.25) is 0 Å². The molecule has 0 fully saturated rings. The van der Waals surface area contributed by atoms with Crippen LogP contribution in [0.25, 0.3) is 5.57 Å². The van der Waals surface area contributed by atoms with Crippen LogP contribution in [-0.2, 0) is 32.2 Å². The van der Waals surface area contributed by atoms with E-state index in [1.807, 2.05) is 35.2 Å². The molecule has 0 saturated heterocycles. The molecule has 0 bridgehead atoms. The van der Waals surface area contributed by atoms with Gasteiger partial charge in [0.05, 0.1) is 18.8 Å². The van der Waals surface area contributed by atoms with Crippen molar-refractivity contribution in [2.24, 2.45) is 0 Å². The number of esters is 2. The second-order valence-corrected chi connectivity index (χ2v) is 6.04. The van der Waals surface area contributed by atoms with Gasteiger partial charge in [-0.1, -0.05) is 30.3 Å². The highest BCUT2D eigenvalue weighted by Crippen LogP contribution is 2.34. The molecule has 140 valence electrons. The highest BCUT2D eigenvalue weighted by Gasteiger charge is 2.34. The van der Waals surface area contributed by atoms with Crippen LogP contribution in [0.15, 0.2) is 54.5 Å². The summed E-state index contributed by atoms with van der Waals surface area (Å²) in [7, 11) is 0. The van der Waals surface area contributed by atoms with E-state index in [0.717, 1.165) is 11.1 Å². The molecule has 1 aliphatic rings. The molecule has 0 spiro atoms. The van der Waals surface area contributed by atoms with E-state index in [1.165, 1.54) is 0 Å². The van der Waals surface area contributed by atoms with Crippen molar-refractivity contribution in [1.29, 1.82) is 0 Å². The van der Waals surface area contributed by atoms with Crippen LogP contribution in [0.2, 0.25) is 0 Å². The Bertz CT molecular complexity index is 861. The summed E-state index contributed by atoms with van der Waals surface area (Å²) in [6.45, 7) is 4.84. The zero-order chi connectivity index (χ0) is 19.2. The average molecular weight is 366 g/mol. The summed E-state index contributed by atoms with van der Waals surface area (Å²) in [6, 6.07) is 11.5. The Morgan fingerprint density at radius 3 is 2.44 bits per heavy atom. The molecular weight excluding hydrogens is 344 g/mol. The third kappa shape index (κ3) is 4.00. The molecule has 0 amide bonds. The zero-order valence-corrected chi connectivity index (χ0v) is 15.5. The van der Waals surface area contributed by atoms with E-state index < -0.39 is 11.9 Å². The summed E-state index contributed by atoms with van der Waals surface area (Å²) >= 11 is 0. The van der Waals surface area contributed by atoms with E-state index in [0.29, 0.717) is 18.7 Å². The minimum absolute atomic E-state index is 0.220. The van der Waals surface area contributed by atoms with E-state index >= 15 is 0 Å². The van der Waals surface area contributed by atoms with Crippen molar-refractivity contribution < 1.29 is 19.1 Å². The molecule has 2 heterocycles. The monoisotopic (exact) mass is 366 g/mol.